The first kappa shape index (κ1) is 14.7. The Morgan fingerprint density at radius 1 is 1.20 bits per heavy atom. The summed E-state index contributed by atoms with van der Waals surface area (Å²) in [5.74, 6) is 0. The van der Waals surface area contributed by atoms with E-state index in [2.05, 4.69) is 20.2 Å². The van der Waals surface area contributed by atoms with Gasteiger partial charge in [-0.15, -0.1) is 0 Å². The summed E-state index contributed by atoms with van der Waals surface area (Å²) in [5.41, 5.74) is 2.73. The summed E-state index contributed by atoms with van der Waals surface area (Å²) < 4.78 is 26.9. The first-order chi connectivity index (χ1) is 9.53. The maximum atomic E-state index is 12.2. The molecule has 0 aliphatic heterocycles. The number of H-pyrrole nitrogens is 1. The van der Waals surface area contributed by atoms with Crippen LogP contribution in [0.1, 0.15) is 16.8 Å². The highest BCUT2D eigenvalue weighted by Gasteiger charge is 2.14. The van der Waals surface area contributed by atoms with Crippen LogP contribution in [0, 0.1) is 6.92 Å². The molecule has 0 aliphatic rings. The Labute approximate surface area is 118 Å². The third-order valence-corrected chi connectivity index (χ3v) is 4.42. The van der Waals surface area contributed by atoms with Gasteiger partial charge in [0, 0.05) is 24.3 Å². The van der Waals surface area contributed by atoms with Gasteiger partial charge in [0.1, 0.15) is 0 Å². The second kappa shape index (κ2) is 6.17. The van der Waals surface area contributed by atoms with Crippen molar-refractivity contribution in [3.63, 3.8) is 0 Å². The van der Waals surface area contributed by atoms with Gasteiger partial charge in [0.2, 0.25) is 10.0 Å². The van der Waals surface area contributed by atoms with Crippen LogP contribution < -0.4 is 10.0 Å². The summed E-state index contributed by atoms with van der Waals surface area (Å²) in [5, 5.41) is 9.65. The zero-order chi connectivity index (χ0) is 14.6. The Morgan fingerprint density at radius 3 is 2.45 bits per heavy atom. The molecule has 0 bridgehead atoms. The van der Waals surface area contributed by atoms with Crippen molar-refractivity contribution >= 4 is 10.0 Å². The van der Waals surface area contributed by atoms with E-state index < -0.39 is 10.0 Å². The Morgan fingerprint density at radius 2 is 1.90 bits per heavy atom. The first-order valence-electron chi connectivity index (χ1n) is 6.25. The molecule has 0 saturated carbocycles. The Kier molecular flexibility index (Phi) is 4.53. The largest absolute Gasteiger partial charge is 0.316 e. The molecule has 1 heterocycles. The van der Waals surface area contributed by atoms with Gasteiger partial charge in [-0.3, -0.25) is 5.10 Å². The molecule has 3 N–H and O–H groups in total. The smallest absolute Gasteiger partial charge is 0.240 e. The molecule has 20 heavy (non-hydrogen) atoms. The fraction of sp³-hybridized carbons (Fsp3) is 0.308. The minimum absolute atomic E-state index is 0.225. The van der Waals surface area contributed by atoms with Gasteiger partial charge in [0.15, 0.2) is 0 Å². The third-order valence-electron chi connectivity index (χ3n) is 3.00. The molecular formula is C13H18N4O2S. The van der Waals surface area contributed by atoms with Crippen LogP contribution in [-0.2, 0) is 23.1 Å². The number of aromatic nitrogens is 2. The number of nitrogens with one attached hydrogen (secondary N) is 3. The van der Waals surface area contributed by atoms with Gasteiger partial charge in [-0.25, -0.2) is 13.1 Å². The summed E-state index contributed by atoms with van der Waals surface area (Å²) in [6.07, 6.45) is 1.62. The predicted molar refractivity (Wildman–Crippen MR) is 76.6 cm³/mol. The fourth-order valence-electron chi connectivity index (χ4n) is 1.80. The summed E-state index contributed by atoms with van der Waals surface area (Å²) >= 11 is 0. The second-order valence-electron chi connectivity index (χ2n) is 4.52. The molecule has 0 unspecified atom stereocenters. The minimum atomic E-state index is -3.50. The van der Waals surface area contributed by atoms with E-state index in [0.29, 0.717) is 6.54 Å². The van der Waals surface area contributed by atoms with Gasteiger partial charge in [0.25, 0.3) is 0 Å². The van der Waals surface area contributed by atoms with E-state index in [1.54, 1.807) is 30.5 Å². The number of nitrogens with zero attached hydrogens (tertiary/aromatic N) is 1. The standard InChI is InChI=1S/C13H18N4O2S/c1-10-12(8-15-17-10)9-16-20(18,19)13-5-3-11(4-6-13)7-14-2/h3-6,8,14,16H,7,9H2,1-2H3,(H,15,17). The molecule has 2 rings (SSSR count). The van der Waals surface area contributed by atoms with Crippen molar-refractivity contribution in [3.05, 3.63) is 47.3 Å². The molecule has 0 atom stereocenters. The average molecular weight is 294 g/mol. The molecule has 0 aliphatic carbocycles. The van der Waals surface area contributed by atoms with Crippen molar-refractivity contribution in [2.75, 3.05) is 7.05 Å². The van der Waals surface area contributed by atoms with E-state index in [1.807, 2.05) is 14.0 Å². The molecule has 2 aromatic rings. The Hall–Kier alpha value is -1.70. The van der Waals surface area contributed by atoms with Crippen LogP contribution in [0.5, 0.6) is 0 Å². The molecule has 0 saturated heterocycles. The molecule has 0 radical (unpaired) electrons. The van der Waals surface area contributed by atoms with Crippen molar-refractivity contribution in [3.8, 4) is 0 Å². The van der Waals surface area contributed by atoms with E-state index in [1.165, 1.54) is 0 Å². The lowest BCUT2D eigenvalue weighted by Crippen LogP contribution is -2.23. The van der Waals surface area contributed by atoms with E-state index in [0.717, 1.165) is 16.8 Å². The quantitative estimate of drug-likeness (QED) is 0.739. The molecule has 0 amide bonds. The molecule has 0 spiro atoms. The molecule has 7 heteroatoms. The fourth-order valence-corrected chi connectivity index (χ4v) is 2.81. The maximum absolute atomic E-state index is 12.2. The van der Waals surface area contributed by atoms with Crippen LogP contribution in [0.2, 0.25) is 0 Å². The summed E-state index contributed by atoms with van der Waals surface area (Å²) in [7, 11) is -1.65. The molecule has 0 fully saturated rings. The summed E-state index contributed by atoms with van der Waals surface area (Å²) in [6.45, 7) is 2.79. The lowest BCUT2D eigenvalue weighted by molar-refractivity contribution is 0.581. The first-order valence-corrected chi connectivity index (χ1v) is 7.73. The predicted octanol–water partition coefficient (Wildman–Crippen LogP) is 0.916. The SMILES string of the molecule is CNCc1ccc(S(=O)(=O)NCc2cn[nH]c2C)cc1. The van der Waals surface area contributed by atoms with Crippen LogP contribution in [0.3, 0.4) is 0 Å². The Bertz CT molecular complexity index is 662. The van der Waals surface area contributed by atoms with E-state index in [9.17, 15) is 8.42 Å². The number of hydrogen-bond acceptors (Lipinski definition) is 4. The van der Waals surface area contributed by atoms with E-state index in [4.69, 9.17) is 0 Å². The second-order valence-corrected chi connectivity index (χ2v) is 6.29. The zero-order valence-corrected chi connectivity index (χ0v) is 12.3. The highest BCUT2D eigenvalue weighted by Crippen LogP contribution is 2.12. The molecule has 108 valence electrons. The Balaban J connectivity index is 2.08. The average Bonchev–Trinajstić information content (AvgIpc) is 2.83. The minimum Gasteiger partial charge on any atom is -0.316 e. The van der Waals surface area contributed by atoms with Gasteiger partial charge in [-0.2, -0.15) is 5.10 Å². The third kappa shape index (κ3) is 3.44. The normalized spacial score (nSPS) is 11.7. The van der Waals surface area contributed by atoms with Crippen LogP contribution in [0.15, 0.2) is 35.4 Å². The van der Waals surface area contributed by atoms with E-state index in [-0.39, 0.29) is 11.4 Å². The molecule has 6 nitrogen and oxygen atoms in total. The van der Waals surface area contributed by atoms with Gasteiger partial charge >= 0.3 is 0 Å². The lowest BCUT2D eigenvalue weighted by atomic mass is 10.2. The number of hydrogen-bond donors (Lipinski definition) is 3. The molecular weight excluding hydrogens is 276 g/mol. The maximum Gasteiger partial charge on any atom is 0.240 e. The van der Waals surface area contributed by atoms with Crippen molar-refractivity contribution in [1.82, 2.24) is 20.2 Å². The lowest BCUT2D eigenvalue weighted by Gasteiger charge is -2.07. The number of aryl methyl sites for hydroxylation is 1. The number of sulfonamides is 1. The van der Waals surface area contributed by atoms with Gasteiger partial charge in [-0.05, 0) is 31.7 Å². The topological polar surface area (TPSA) is 86.9 Å². The monoisotopic (exact) mass is 294 g/mol. The van der Waals surface area contributed by atoms with Gasteiger partial charge in [0.05, 0.1) is 11.1 Å². The molecule has 1 aromatic carbocycles. The van der Waals surface area contributed by atoms with Crippen molar-refractivity contribution in [2.24, 2.45) is 0 Å². The zero-order valence-electron chi connectivity index (χ0n) is 11.5. The summed E-state index contributed by atoms with van der Waals surface area (Å²) in [6, 6.07) is 6.82. The van der Waals surface area contributed by atoms with Crippen LogP contribution in [0.25, 0.3) is 0 Å². The van der Waals surface area contributed by atoms with Gasteiger partial charge < -0.3 is 5.32 Å². The van der Waals surface area contributed by atoms with Crippen molar-refractivity contribution in [1.29, 1.82) is 0 Å². The number of aromatic amines is 1. The number of benzene rings is 1. The summed E-state index contributed by atoms with van der Waals surface area (Å²) in [4.78, 5) is 0.263. The van der Waals surface area contributed by atoms with E-state index >= 15 is 0 Å². The highest BCUT2D eigenvalue weighted by molar-refractivity contribution is 7.89. The van der Waals surface area contributed by atoms with Crippen LogP contribution in [0.4, 0.5) is 0 Å². The highest BCUT2D eigenvalue weighted by atomic mass is 32.2. The number of rotatable bonds is 6. The molecule has 1 aromatic heterocycles. The van der Waals surface area contributed by atoms with Crippen LogP contribution in [-0.4, -0.2) is 25.7 Å². The van der Waals surface area contributed by atoms with Crippen molar-refractivity contribution in [2.45, 2.75) is 24.9 Å². The van der Waals surface area contributed by atoms with Crippen molar-refractivity contribution < 1.29 is 8.42 Å². The van der Waals surface area contributed by atoms with Crippen LogP contribution >= 0.6 is 0 Å². The van der Waals surface area contributed by atoms with Gasteiger partial charge in [-0.1, -0.05) is 12.1 Å².